The number of sulfonamides is 1. The van der Waals surface area contributed by atoms with Gasteiger partial charge in [-0.2, -0.15) is 4.31 Å². The number of nitrogen functional groups attached to an aromatic ring is 1. The number of nitrogens with zero attached hydrogens (tertiary/aromatic N) is 1. The van der Waals surface area contributed by atoms with Gasteiger partial charge >= 0.3 is 0 Å². The second-order valence-electron chi connectivity index (χ2n) is 4.68. The third-order valence-corrected chi connectivity index (χ3v) is 5.34. The fraction of sp³-hybridized carbons (Fsp3) is 0.500. The normalized spacial score (nSPS) is 21.5. The van der Waals surface area contributed by atoms with Gasteiger partial charge < -0.3 is 10.5 Å². The highest BCUT2D eigenvalue weighted by molar-refractivity contribution is 7.89. The first-order valence-electron chi connectivity index (χ1n) is 5.99. The summed E-state index contributed by atoms with van der Waals surface area (Å²) in [5, 5.41) is 0. The monoisotopic (exact) mass is 288 g/mol. The van der Waals surface area contributed by atoms with Gasteiger partial charge in [0.2, 0.25) is 10.0 Å². The van der Waals surface area contributed by atoms with E-state index in [1.54, 1.807) is 13.8 Å². The van der Waals surface area contributed by atoms with Gasteiger partial charge in [-0.25, -0.2) is 12.8 Å². The summed E-state index contributed by atoms with van der Waals surface area (Å²) in [5.74, 6) is -0.605. The van der Waals surface area contributed by atoms with E-state index in [4.69, 9.17) is 10.5 Å². The van der Waals surface area contributed by atoms with Crippen LogP contribution in [0, 0.1) is 12.7 Å². The van der Waals surface area contributed by atoms with Crippen molar-refractivity contribution in [3.63, 3.8) is 0 Å². The lowest BCUT2D eigenvalue weighted by molar-refractivity contribution is 0.0392. The number of rotatable bonds is 2. The predicted octanol–water partition coefficient (Wildman–Crippen LogP) is 1.13. The second-order valence-corrected chi connectivity index (χ2v) is 6.54. The highest BCUT2D eigenvalue weighted by Crippen LogP contribution is 2.26. The lowest BCUT2D eigenvalue weighted by Crippen LogP contribution is -2.47. The first kappa shape index (κ1) is 14.2. The molecule has 7 heteroatoms. The third kappa shape index (κ3) is 2.58. The molecule has 106 valence electrons. The van der Waals surface area contributed by atoms with E-state index in [9.17, 15) is 12.8 Å². The molecule has 2 rings (SSSR count). The summed E-state index contributed by atoms with van der Waals surface area (Å²) in [6.07, 6.45) is 0. The summed E-state index contributed by atoms with van der Waals surface area (Å²) < 4.78 is 45.1. The van der Waals surface area contributed by atoms with Crippen molar-refractivity contribution in [2.75, 3.05) is 25.5 Å². The third-order valence-electron chi connectivity index (χ3n) is 3.19. The summed E-state index contributed by atoms with van der Waals surface area (Å²) in [6.45, 7) is 4.34. The standard InChI is InChI=1S/C12H17FN2O3S/c1-8-5-10(13)11(14)6-12(8)19(16,17)15-3-4-18-7-9(15)2/h5-6,9H,3-4,7,14H2,1-2H3/t9-/m1/s1. The van der Waals surface area contributed by atoms with Gasteiger partial charge in [0, 0.05) is 12.6 Å². The molecule has 1 atom stereocenters. The number of anilines is 1. The van der Waals surface area contributed by atoms with E-state index < -0.39 is 15.8 Å². The number of nitrogens with two attached hydrogens (primary N) is 1. The molecule has 1 fully saturated rings. The largest absolute Gasteiger partial charge is 0.396 e. The van der Waals surface area contributed by atoms with Gasteiger partial charge in [0.25, 0.3) is 0 Å². The van der Waals surface area contributed by atoms with E-state index in [1.165, 1.54) is 10.4 Å². The number of halogens is 1. The van der Waals surface area contributed by atoms with Crippen molar-refractivity contribution in [2.45, 2.75) is 24.8 Å². The van der Waals surface area contributed by atoms with Crippen molar-refractivity contribution in [3.05, 3.63) is 23.5 Å². The Labute approximate surface area is 112 Å². The number of morpholine rings is 1. The summed E-state index contributed by atoms with van der Waals surface area (Å²) in [7, 11) is -3.67. The zero-order valence-electron chi connectivity index (χ0n) is 10.9. The van der Waals surface area contributed by atoms with Crippen molar-refractivity contribution in [1.29, 1.82) is 0 Å². The molecule has 1 aromatic rings. The van der Waals surface area contributed by atoms with E-state index in [1.807, 2.05) is 0 Å². The molecule has 0 spiro atoms. The van der Waals surface area contributed by atoms with Gasteiger partial charge in [-0.05, 0) is 31.5 Å². The Bertz CT molecular complexity index is 589. The van der Waals surface area contributed by atoms with Crippen LogP contribution in [0.3, 0.4) is 0 Å². The maximum absolute atomic E-state index is 13.3. The Morgan fingerprint density at radius 2 is 2.16 bits per heavy atom. The molecule has 1 aliphatic heterocycles. The van der Waals surface area contributed by atoms with Crippen LogP contribution in [-0.2, 0) is 14.8 Å². The van der Waals surface area contributed by atoms with E-state index in [-0.39, 0.29) is 16.6 Å². The van der Waals surface area contributed by atoms with Crippen molar-refractivity contribution >= 4 is 15.7 Å². The van der Waals surface area contributed by atoms with Crippen molar-refractivity contribution in [2.24, 2.45) is 0 Å². The molecule has 2 N–H and O–H groups in total. The van der Waals surface area contributed by atoms with Crippen LogP contribution in [0.15, 0.2) is 17.0 Å². The molecule has 0 saturated carbocycles. The molecule has 19 heavy (non-hydrogen) atoms. The maximum Gasteiger partial charge on any atom is 0.243 e. The van der Waals surface area contributed by atoms with Gasteiger partial charge in [0.05, 0.1) is 23.8 Å². The molecular formula is C12H17FN2O3S. The second kappa shape index (κ2) is 5.07. The molecule has 1 saturated heterocycles. The van der Waals surface area contributed by atoms with Gasteiger partial charge in [-0.3, -0.25) is 0 Å². The van der Waals surface area contributed by atoms with Crippen LogP contribution >= 0.6 is 0 Å². The molecule has 1 heterocycles. The highest BCUT2D eigenvalue weighted by Gasteiger charge is 2.32. The number of ether oxygens (including phenoxy) is 1. The van der Waals surface area contributed by atoms with Crippen LogP contribution in [0.25, 0.3) is 0 Å². The predicted molar refractivity (Wildman–Crippen MR) is 69.7 cm³/mol. The van der Waals surface area contributed by atoms with Gasteiger partial charge in [-0.1, -0.05) is 0 Å². The van der Waals surface area contributed by atoms with Crippen LogP contribution < -0.4 is 5.73 Å². The minimum atomic E-state index is -3.67. The van der Waals surface area contributed by atoms with E-state index in [2.05, 4.69) is 0 Å². The molecule has 5 nitrogen and oxygen atoms in total. The molecule has 0 unspecified atom stereocenters. The Kier molecular flexibility index (Phi) is 3.80. The summed E-state index contributed by atoms with van der Waals surface area (Å²) in [4.78, 5) is 0.0557. The van der Waals surface area contributed by atoms with Crippen LogP contribution in [0.2, 0.25) is 0 Å². The average Bonchev–Trinajstić information content (AvgIpc) is 2.34. The summed E-state index contributed by atoms with van der Waals surface area (Å²) >= 11 is 0. The quantitative estimate of drug-likeness (QED) is 0.828. The van der Waals surface area contributed by atoms with Gasteiger partial charge in [-0.15, -0.1) is 0 Å². The number of aryl methyl sites for hydroxylation is 1. The molecule has 0 aliphatic carbocycles. The Morgan fingerprint density at radius 3 is 2.79 bits per heavy atom. The van der Waals surface area contributed by atoms with Crippen molar-refractivity contribution in [1.82, 2.24) is 4.31 Å². The smallest absolute Gasteiger partial charge is 0.243 e. The lowest BCUT2D eigenvalue weighted by Gasteiger charge is -2.32. The van der Waals surface area contributed by atoms with Crippen LogP contribution in [0.1, 0.15) is 12.5 Å². The maximum atomic E-state index is 13.3. The van der Waals surface area contributed by atoms with E-state index in [0.717, 1.165) is 6.07 Å². The van der Waals surface area contributed by atoms with Crippen molar-refractivity contribution < 1.29 is 17.5 Å². The van der Waals surface area contributed by atoms with Crippen LogP contribution in [0.5, 0.6) is 0 Å². The number of benzene rings is 1. The topological polar surface area (TPSA) is 72.6 Å². The molecule has 1 aromatic carbocycles. The zero-order chi connectivity index (χ0) is 14.2. The molecule has 0 aromatic heterocycles. The minimum absolute atomic E-state index is 0.0557. The van der Waals surface area contributed by atoms with Gasteiger partial charge in [0.1, 0.15) is 5.82 Å². The first-order chi connectivity index (χ1) is 8.84. The Morgan fingerprint density at radius 1 is 1.47 bits per heavy atom. The van der Waals surface area contributed by atoms with E-state index >= 15 is 0 Å². The number of hydrogen-bond donors (Lipinski definition) is 1. The summed E-state index contributed by atoms with van der Waals surface area (Å²) in [6, 6.07) is 2.08. The van der Waals surface area contributed by atoms with Crippen LogP contribution in [-0.4, -0.2) is 38.5 Å². The zero-order valence-corrected chi connectivity index (χ0v) is 11.7. The molecular weight excluding hydrogens is 271 g/mol. The van der Waals surface area contributed by atoms with Crippen LogP contribution in [0.4, 0.5) is 10.1 Å². The van der Waals surface area contributed by atoms with E-state index in [0.29, 0.717) is 25.3 Å². The summed E-state index contributed by atoms with van der Waals surface area (Å²) in [5.41, 5.74) is 5.66. The average molecular weight is 288 g/mol. The van der Waals surface area contributed by atoms with Gasteiger partial charge in [0.15, 0.2) is 0 Å². The molecule has 1 aliphatic rings. The highest BCUT2D eigenvalue weighted by atomic mass is 32.2. The Hall–Kier alpha value is -1.18. The SMILES string of the molecule is Cc1cc(F)c(N)cc1S(=O)(=O)N1CCOC[C@H]1C. The molecule has 0 amide bonds. The fourth-order valence-electron chi connectivity index (χ4n) is 2.14. The minimum Gasteiger partial charge on any atom is -0.396 e. The number of hydrogen-bond acceptors (Lipinski definition) is 4. The fourth-order valence-corrected chi connectivity index (χ4v) is 3.99. The Balaban J connectivity index is 2.47. The lowest BCUT2D eigenvalue weighted by atomic mass is 10.2. The first-order valence-corrected chi connectivity index (χ1v) is 7.43. The van der Waals surface area contributed by atoms with Crippen molar-refractivity contribution in [3.8, 4) is 0 Å². The molecule has 0 bridgehead atoms. The molecule has 0 radical (unpaired) electrons.